The Kier molecular flexibility index (Phi) is 3.47. The van der Waals surface area contributed by atoms with E-state index in [1.807, 2.05) is 25.1 Å². The molecule has 2 unspecified atom stereocenters. The molecule has 3 rings (SSSR count). The molecule has 106 valence electrons. The number of aryl methyl sites for hydroxylation is 1. The average Bonchev–Trinajstić information content (AvgIpc) is 2.91. The molecule has 1 heterocycles. The standard InChI is InChI=1S/C16H21N3O/c1-10-4-3-5-12(8-10)15-18-16(20-19-15)13-9-11(2)6-7-14(13)17/h6-7,9-10,12H,3-5,8,17H2,1-2H3. The van der Waals surface area contributed by atoms with Gasteiger partial charge in [-0.05, 0) is 37.8 Å². The van der Waals surface area contributed by atoms with Crippen LogP contribution in [0.5, 0.6) is 0 Å². The van der Waals surface area contributed by atoms with Gasteiger partial charge in [-0.15, -0.1) is 0 Å². The fourth-order valence-corrected chi connectivity index (χ4v) is 3.03. The molecule has 0 bridgehead atoms. The van der Waals surface area contributed by atoms with Crippen molar-refractivity contribution in [3.8, 4) is 11.5 Å². The van der Waals surface area contributed by atoms with Crippen LogP contribution in [0.15, 0.2) is 22.7 Å². The average molecular weight is 271 g/mol. The highest BCUT2D eigenvalue weighted by molar-refractivity contribution is 5.71. The number of nitrogen functional groups attached to an aromatic ring is 1. The van der Waals surface area contributed by atoms with E-state index in [4.69, 9.17) is 10.3 Å². The second kappa shape index (κ2) is 5.27. The minimum absolute atomic E-state index is 0.433. The van der Waals surface area contributed by atoms with Crippen molar-refractivity contribution in [1.82, 2.24) is 10.1 Å². The van der Waals surface area contributed by atoms with Gasteiger partial charge in [-0.1, -0.05) is 36.6 Å². The van der Waals surface area contributed by atoms with Gasteiger partial charge >= 0.3 is 0 Å². The van der Waals surface area contributed by atoms with E-state index < -0.39 is 0 Å². The molecule has 0 saturated heterocycles. The largest absolute Gasteiger partial charge is 0.398 e. The summed E-state index contributed by atoms with van der Waals surface area (Å²) in [5, 5.41) is 4.18. The van der Waals surface area contributed by atoms with Crippen molar-refractivity contribution >= 4 is 5.69 Å². The zero-order valence-corrected chi connectivity index (χ0v) is 12.1. The molecule has 4 heteroatoms. The highest BCUT2D eigenvalue weighted by Gasteiger charge is 2.25. The zero-order chi connectivity index (χ0) is 14.1. The number of rotatable bonds is 2. The quantitative estimate of drug-likeness (QED) is 0.841. The SMILES string of the molecule is Cc1ccc(N)c(-c2nc(C3CCCC(C)C3)no2)c1. The number of benzene rings is 1. The van der Waals surface area contributed by atoms with Crippen LogP contribution < -0.4 is 5.73 Å². The molecule has 0 radical (unpaired) electrons. The van der Waals surface area contributed by atoms with E-state index in [2.05, 4.69) is 17.1 Å². The molecular weight excluding hydrogens is 250 g/mol. The Morgan fingerprint density at radius 2 is 2.15 bits per heavy atom. The van der Waals surface area contributed by atoms with Crippen molar-refractivity contribution in [2.45, 2.75) is 45.4 Å². The Labute approximate surface area is 119 Å². The van der Waals surface area contributed by atoms with Crippen LogP contribution in [-0.2, 0) is 0 Å². The van der Waals surface area contributed by atoms with Gasteiger partial charge in [0.15, 0.2) is 5.82 Å². The number of hydrogen-bond acceptors (Lipinski definition) is 4. The molecule has 1 aliphatic carbocycles. The summed E-state index contributed by atoms with van der Waals surface area (Å²) < 4.78 is 5.43. The molecule has 2 aromatic rings. The zero-order valence-electron chi connectivity index (χ0n) is 12.1. The number of nitrogens with two attached hydrogens (primary N) is 1. The second-order valence-electron chi connectivity index (χ2n) is 6.02. The van der Waals surface area contributed by atoms with Gasteiger partial charge in [0.2, 0.25) is 0 Å². The van der Waals surface area contributed by atoms with E-state index in [9.17, 15) is 0 Å². The topological polar surface area (TPSA) is 64.9 Å². The first-order valence-electron chi connectivity index (χ1n) is 7.33. The third-order valence-corrected chi connectivity index (χ3v) is 4.18. The van der Waals surface area contributed by atoms with Crippen molar-refractivity contribution in [2.24, 2.45) is 5.92 Å². The van der Waals surface area contributed by atoms with Gasteiger partial charge in [0.25, 0.3) is 5.89 Å². The molecule has 0 amide bonds. The van der Waals surface area contributed by atoms with Crippen molar-refractivity contribution in [2.75, 3.05) is 5.73 Å². The van der Waals surface area contributed by atoms with Gasteiger partial charge in [0, 0.05) is 11.6 Å². The molecule has 1 saturated carbocycles. The van der Waals surface area contributed by atoms with E-state index in [-0.39, 0.29) is 0 Å². The summed E-state index contributed by atoms with van der Waals surface area (Å²) in [6.07, 6.45) is 4.88. The lowest BCUT2D eigenvalue weighted by molar-refractivity contribution is 0.324. The summed E-state index contributed by atoms with van der Waals surface area (Å²) >= 11 is 0. The van der Waals surface area contributed by atoms with Crippen molar-refractivity contribution in [1.29, 1.82) is 0 Å². The van der Waals surface area contributed by atoms with Crippen LogP contribution in [-0.4, -0.2) is 10.1 Å². The molecule has 1 aliphatic rings. The first-order valence-corrected chi connectivity index (χ1v) is 7.33. The molecule has 4 nitrogen and oxygen atoms in total. The van der Waals surface area contributed by atoms with Crippen LogP contribution in [0.1, 0.15) is 49.9 Å². The van der Waals surface area contributed by atoms with Crippen LogP contribution in [0.25, 0.3) is 11.5 Å². The van der Waals surface area contributed by atoms with Crippen LogP contribution >= 0.6 is 0 Å². The molecule has 1 fully saturated rings. The lowest BCUT2D eigenvalue weighted by Crippen LogP contribution is -2.12. The Morgan fingerprint density at radius 1 is 1.30 bits per heavy atom. The summed E-state index contributed by atoms with van der Waals surface area (Å²) in [7, 11) is 0. The van der Waals surface area contributed by atoms with Crippen LogP contribution in [0.3, 0.4) is 0 Å². The van der Waals surface area contributed by atoms with Crippen molar-refractivity contribution in [3.05, 3.63) is 29.6 Å². The van der Waals surface area contributed by atoms with Crippen LogP contribution in [0, 0.1) is 12.8 Å². The van der Waals surface area contributed by atoms with E-state index in [1.54, 1.807) is 0 Å². The smallest absolute Gasteiger partial charge is 0.260 e. The van der Waals surface area contributed by atoms with Gasteiger partial charge in [0.05, 0.1) is 5.56 Å². The lowest BCUT2D eigenvalue weighted by Gasteiger charge is -2.23. The van der Waals surface area contributed by atoms with Gasteiger partial charge in [-0.3, -0.25) is 0 Å². The predicted molar refractivity (Wildman–Crippen MR) is 79.3 cm³/mol. The van der Waals surface area contributed by atoms with E-state index in [1.165, 1.54) is 12.8 Å². The number of hydrogen-bond donors (Lipinski definition) is 1. The fraction of sp³-hybridized carbons (Fsp3) is 0.500. The van der Waals surface area contributed by atoms with Gasteiger partial charge in [-0.25, -0.2) is 0 Å². The van der Waals surface area contributed by atoms with Gasteiger partial charge in [0.1, 0.15) is 0 Å². The Balaban J connectivity index is 1.88. The highest BCUT2D eigenvalue weighted by Crippen LogP contribution is 2.35. The Bertz CT molecular complexity index is 606. The van der Waals surface area contributed by atoms with Crippen molar-refractivity contribution < 1.29 is 4.52 Å². The lowest BCUT2D eigenvalue weighted by atomic mass is 9.82. The summed E-state index contributed by atoms with van der Waals surface area (Å²) in [4.78, 5) is 4.58. The maximum absolute atomic E-state index is 6.00. The fourth-order valence-electron chi connectivity index (χ4n) is 3.03. The molecule has 0 spiro atoms. The maximum Gasteiger partial charge on any atom is 0.260 e. The number of nitrogens with zero attached hydrogens (tertiary/aromatic N) is 2. The third-order valence-electron chi connectivity index (χ3n) is 4.18. The first kappa shape index (κ1) is 13.2. The molecule has 1 aromatic carbocycles. The first-order chi connectivity index (χ1) is 9.63. The molecular formula is C16H21N3O. The van der Waals surface area contributed by atoms with E-state index in [0.29, 0.717) is 17.5 Å². The molecule has 2 atom stereocenters. The van der Waals surface area contributed by atoms with Crippen molar-refractivity contribution in [3.63, 3.8) is 0 Å². The third kappa shape index (κ3) is 2.55. The Hall–Kier alpha value is -1.84. The summed E-state index contributed by atoms with van der Waals surface area (Å²) in [6, 6.07) is 5.87. The number of anilines is 1. The van der Waals surface area contributed by atoms with Gasteiger partial charge in [-0.2, -0.15) is 4.98 Å². The molecule has 1 aromatic heterocycles. The summed E-state index contributed by atoms with van der Waals surface area (Å²) in [6.45, 7) is 4.33. The minimum Gasteiger partial charge on any atom is -0.398 e. The second-order valence-corrected chi connectivity index (χ2v) is 6.02. The monoisotopic (exact) mass is 271 g/mol. The van der Waals surface area contributed by atoms with Crippen LogP contribution in [0.4, 0.5) is 5.69 Å². The predicted octanol–water partition coefficient (Wildman–Crippen LogP) is 3.92. The maximum atomic E-state index is 6.00. The summed E-state index contributed by atoms with van der Waals surface area (Å²) in [5.74, 6) is 2.56. The molecule has 20 heavy (non-hydrogen) atoms. The molecule has 2 N–H and O–H groups in total. The van der Waals surface area contributed by atoms with Crippen LogP contribution in [0.2, 0.25) is 0 Å². The highest BCUT2D eigenvalue weighted by atomic mass is 16.5. The Morgan fingerprint density at radius 3 is 2.95 bits per heavy atom. The summed E-state index contributed by atoms with van der Waals surface area (Å²) in [5.41, 5.74) is 8.67. The number of aromatic nitrogens is 2. The van der Waals surface area contributed by atoms with Gasteiger partial charge < -0.3 is 10.3 Å². The van der Waals surface area contributed by atoms with E-state index in [0.717, 1.165) is 35.7 Å². The molecule has 0 aliphatic heterocycles. The van der Waals surface area contributed by atoms with E-state index >= 15 is 0 Å². The normalized spacial score (nSPS) is 22.9. The minimum atomic E-state index is 0.433.